The van der Waals surface area contributed by atoms with Crippen LogP contribution in [0.15, 0.2) is 0 Å². The number of aldehydes is 1. The number of ether oxygens (including phenoxy) is 1. The van der Waals surface area contributed by atoms with Gasteiger partial charge >= 0.3 is 6.09 Å². The van der Waals surface area contributed by atoms with E-state index in [2.05, 4.69) is 0 Å². The van der Waals surface area contributed by atoms with Gasteiger partial charge < -0.3 is 9.64 Å². The molecule has 1 saturated heterocycles. The maximum atomic E-state index is 13.7. The Hall–Kier alpha value is -1.13. The fraction of sp³-hybridized carbons (Fsp3) is 0.818. The van der Waals surface area contributed by atoms with Crippen molar-refractivity contribution in [2.24, 2.45) is 0 Å². The zero-order valence-corrected chi connectivity index (χ0v) is 9.96. The first-order chi connectivity index (χ1) is 7.26. The molecule has 0 bridgehead atoms. The Morgan fingerprint density at radius 2 is 2.12 bits per heavy atom. The molecule has 0 saturated carbocycles. The van der Waals surface area contributed by atoms with Crippen LogP contribution in [0.3, 0.4) is 0 Å². The highest BCUT2D eigenvalue weighted by Crippen LogP contribution is 2.24. The van der Waals surface area contributed by atoms with Crippen molar-refractivity contribution in [3.63, 3.8) is 0 Å². The molecule has 1 fully saturated rings. The summed E-state index contributed by atoms with van der Waals surface area (Å²) >= 11 is 0. The topological polar surface area (TPSA) is 46.6 Å². The summed E-state index contributed by atoms with van der Waals surface area (Å²) in [5.41, 5.74) is -2.51. The van der Waals surface area contributed by atoms with E-state index in [4.69, 9.17) is 4.74 Å². The minimum absolute atomic E-state index is 0.176. The molecular weight excluding hydrogens is 213 g/mol. The summed E-state index contributed by atoms with van der Waals surface area (Å²) in [5, 5.41) is 0. The predicted octanol–water partition coefficient (Wildman–Crippen LogP) is 1.92. The molecule has 92 valence electrons. The third kappa shape index (κ3) is 3.47. The molecule has 0 aromatic rings. The standard InChI is InChI=1S/C11H18FNO3/c1-10(2,3)16-9(15)13-6-4-5-11(12,7-13)8-14/h8H,4-7H2,1-3H3. The maximum Gasteiger partial charge on any atom is 0.410 e. The van der Waals surface area contributed by atoms with Crippen LogP contribution in [0.4, 0.5) is 9.18 Å². The van der Waals surface area contributed by atoms with Crippen LogP contribution in [-0.4, -0.2) is 41.6 Å². The van der Waals surface area contributed by atoms with E-state index < -0.39 is 17.4 Å². The molecule has 0 aromatic carbocycles. The Bertz CT molecular complexity index is 287. The largest absolute Gasteiger partial charge is 0.444 e. The number of hydrogen-bond acceptors (Lipinski definition) is 3. The Morgan fingerprint density at radius 1 is 1.50 bits per heavy atom. The van der Waals surface area contributed by atoms with Crippen molar-refractivity contribution in [2.45, 2.75) is 44.9 Å². The molecule has 5 heteroatoms. The lowest BCUT2D eigenvalue weighted by atomic mass is 9.97. The van der Waals surface area contributed by atoms with Gasteiger partial charge in [0.05, 0.1) is 6.54 Å². The zero-order chi connectivity index (χ0) is 12.4. The summed E-state index contributed by atoms with van der Waals surface area (Å²) in [6, 6.07) is 0. The van der Waals surface area contributed by atoms with E-state index in [0.717, 1.165) is 0 Å². The number of rotatable bonds is 1. The summed E-state index contributed by atoms with van der Waals surface area (Å²) < 4.78 is 18.8. The Balaban J connectivity index is 2.61. The number of piperidine rings is 1. The normalized spacial score (nSPS) is 26.4. The number of nitrogens with zero attached hydrogens (tertiary/aromatic N) is 1. The van der Waals surface area contributed by atoms with Crippen LogP contribution in [-0.2, 0) is 9.53 Å². The predicted molar refractivity (Wildman–Crippen MR) is 56.9 cm³/mol. The third-order valence-corrected chi connectivity index (χ3v) is 2.34. The Kier molecular flexibility index (Phi) is 3.55. The van der Waals surface area contributed by atoms with Gasteiger partial charge in [-0.25, -0.2) is 9.18 Å². The summed E-state index contributed by atoms with van der Waals surface area (Å²) in [5.74, 6) is 0. The van der Waals surface area contributed by atoms with Gasteiger partial charge in [-0.3, -0.25) is 4.79 Å². The van der Waals surface area contributed by atoms with Crippen molar-refractivity contribution >= 4 is 12.4 Å². The lowest BCUT2D eigenvalue weighted by Gasteiger charge is -2.35. The molecule has 1 rings (SSSR count). The van der Waals surface area contributed by atoms with Gasteiger partial charge in [-0.1, -0.05) is 0 Å². The third-order valence-electron chi connectivity index (χ3n) is 2.34. The van der Waals surface area contributed by atoms with Crippen molar-refractivity contribution in [1.29, 1.82) is 0 Å². The highest BCUT2D eigenvalue weighted by atomic mass is 19.1. The van der Waals surface area contributed by atoms with E-state index in [-0.39, 0.29) is 19.3 Å². The Labute approximate surface area is 94.7 Å². The average Bonchev–Trinajstić information content (AvgIpc) is 2.15. The van der Waals surface area contributed by atoms with Crippen LogP contribution in [0.25, 0.3) is 0 Å². The van der Waals surface area contributed by atoms with Crippen molar-refractivity contribution < 1.29 is 18.7 Å². The number of amides is 1. The SMILES string of the molecule is CC(C)(C)OC(=O)N1CCCC(F)(C=O)C1. The summed E-state index contributed by atoms with van der Waals surface area (Å²) in [6.45, 7) is 5.48. The molecule has 1 atom stereocenters. The Morgan fingerprint density at radius 3 is 2.62 bits per heavy atom. The first-order valence-corrected chi connectivity index (χ1v) is 5.39. The van der Waals surface area contributed by atoms with Gasteiger partial charge in [-0.15, -0.1) is 0 Å². The zero-order valence-electron chi connectivity index (χ0n) is 9.96. The van der Waals surface area contributed by atoms with Gasteiger partial charge in [-0.05, 0) is 33.6 Å². The second-order valence-corrected chi connectivity index (χ2v) is 5.16. The van der Waals surface area contributed by atoms with Gasteiger partial charge in [0.2, 0.25) is 0 Å². The first kappa shape index (κ1) is 12.9. The van der Waals surface area contributed by atoms with Crippen molar-refractivity contribution in [2.75, 3.05) is 13.1 Å². The van der Waals surface area contributed by atoms with Crippen molar-refractivity contribution in [1.82, 2.24) is 4.90 Å². The minimum Gasteiger partial charge on any atom is -0.444 e. The molecule has 1 unspecified atom stereocenters. The van der Waals surface area contributed by atoms with Crippen molar-refractivity contribution in [3.05, 3.63) is 0 Å². The molecule has 1 heterocycles. The number of alkyl halides is 1. The molecule has 1 aliphatic rings. The molecule has 0 aromatic heterocycles. The van der Waals surface area contributed by atoms with E-state index in [0.29, 0.717) is 13.0 Å². The lowest BCUT2D eigenvalue weighted by Crippen LogP contribution is -2.50. The van der Waals surface area contributed by atoms with Crippen LogP contribution < -0.4 is 0 Å². The van der Waals surface area contributed by atoms with Gasteiger partial charge in [0.25, 0.3) is 0 Å². The van der Waals surface area contributed by atoms with Crippen LogP contribution >= 0.6 is 0 Å². The van der Waals surface area contributed by atoms with Crippen LogP contribution in [0.5, 0.6) is 0 Å². The van der Waals surface area contributed by atoms with Gasteiger partial charge in [0.1, 0.15) is 5.60 Å². The quantitative estimate of drug-likeness (QED) is 0.648. The second-order valence-electron chi connectivity index (χ2n) is 5.16. The van der Waals surface area contributed by atoms with E-state index in [1.54, 1.807) is 20.8 Å². The summed E-state index contributed by atoms with van der Waals surface area (Å²) in [6.07, 6.45) is 0.379. The molecule has 1 aliphatic heterocycles. The van der Waals surface area contributed by atoms with E-state index in [1.807, 2.05) is 0 Å². The highest BCUT2D eigenvalue weighted by molar-refractivity contribution is 5.71. The van der Waals surface area contributed by atoms with Crippen LogP contribution in [0, 0.1) is 0 Å². The van der Waals surface area contributed by atoms with Gasteiger partial charge in [0, 0.05) is 6.54 Å². The molecule has 0 radical (unpaired) electrons. The van der Waals surface area contributed by atoms with E-state index in [9.17, 15) is 14.0 Å². The van der Waals surface area contributed by atoms with E-state index >= 15 is 0 Å². The fourth-order valence-corrected chi connectivity index (χ4v) is 1.62. The van der Waals surface area contributed by atoms with Gasteiger partial charge in [0.15, 0.2) is 12.0 Å². The van der Waals surface area contributed by atoms with Gasteiger partial charge in [-0.2, -0.15) is 0 Å². The fourth-order valence-electron chi connectivity index (χ4n) is 1.62. The van der Waals surface area contributed by atoms with Crippen LogP contribution in [0.1, 0.15) is 33.6 Å². The molecule has 1 amide bonds. The van der Waals surface area contributed by atoms with Crippen molar-refractivity contribution in [3.8, 4) is 0 Å². The monoisotopic (exact) mass is 231 g/mol. The molecule has 0 spiro atoms. The van der Waals surface area contributed by atoms with E-state index in [1.165, 1.54) is 4.90 Å². The smallest absolute Gasteiger partial charge is 0.410 e. The lowest BCUT2D eigenvalue weighted by molar-refractivity contribution is -0.121. The molecule has 0 N–H and O–H groups in total. The number of hydrogen-bond donors (Lipinski definition) is 0. The average molecular weight is 231 g/mol. The molecular formula is C11H18FNO3. The summed E-state index contributed by atoms with van der Waals surface area (Å²) in [7, 11) is 0. The highest BCUT2D eigenvalue weighted by Gasteiger charge is 2.38. The van der Waals surface area contributed by atoms with Crippen LogP contribution in [0.2, 0.25) is 0 Å². The minimum atomic E-state index is -1.91. The second kappa shape index (κ2) is 4.39. The molecule has 4 nitrogen and oxygen atoms in total. The molecule has 0 aliphatic carbocycles. The number of carbonyl (C=O) groups excluding carboxylic acids is 2. The number of carbonyl (C=O) groups is 2. The number of halogens is 1. The first-order valence-electron chi connectivity index (χ1n) is 5.39. The summed E-state index contributed by atoms with van der Waals surface area (Å²) in [4.78, 5) is 23.5. The molecule has 16 heavy (non-hydrogen) atoms. The maximum absolute atomic E-state index is 13.7. The number of likely N-dealkylation sites (tertiary alicyclic amines) is 1.